The molecule has 2 fully saturated rings. The van der Waals surface area contributed by atoms with Crippen LogP contribution >= 0.6 is 0 Å². The molecule has 1 unspecified atom stereocenters. The van der Waals surface area contributed by atoms with Crippen LogP contribution in [0, 0.1) is 5.82 Å². The summed E-state index contributed by atoms with van der Waals surface area (Å²) < 4.78 is 17.2. The number of para-hydroxylation sites is 1. The van der Waals surface area contributed by atoms with Crippen molar-refractivity contribution in [3.05, 3.63) is 65.1 Å². The molecule has 6 rings (SSSR count). The molecule has 0 spiro atoms. The first kappa shape index (κ1) is 26.1. The number of hydrogen-bond acceptors (Lipinski definition) is 4. The minimum atomic E-state index is -0.0537. The number of urea groups is 1. The van der Waals surface area contributed by atoms with Crippen LogP contribution in [0.2, 0.25) is 0 Å². The number of nitrogens with zero attached hydrogens (tertiary/aromatic N) is 6. The van der Waals surface area contributed by atoms with E-state index in [-0.39, 0.29) is 17.9 Å². The van der Waals surface area contributed by atoms with Crippen molar-refractivity contribution in [2.24, 2.45) is 7.05 Å². The van der Waals surface area contributed by atoms with Crippen molar-refractivity contribution < 1.29 is 9.18 Å². The standard InChI is InChI=1S/C31H41FN6O/c1-33(2)28-20-38(26-13-12-21-8-6-10-25(32)29(21)26)19-24(28)23-18-35(5)30-22(23)9-7-11-27(30)36-14-16-37(17-15-36)31(39)34(3)4/h6-11,18,24,26,28H,12-17,19-20H2,1-5H3/t24-,26?,28+/m1/s1. The molecule has 8 heteroatoms. The Bertz CT molecular complexity index is 1370. The topological polar surface area (TPSA) is 38.2 Å². The molecule has 0 N–H and O–H groups in total. The van der Waals surface area contributed by atoms with Crippen molar-refractivity contribution in [3.63, 3.8) is 0 Å². The minimum Gasteiger partial charge on any atom is -0.366 e. The largest absolute Gasteiger partial charge is 0.366 e. The van der Waals surface area contributed by atoms with Crippen LogP contribution in [-0.2, 0) is 13.5 Å². The van der Waals surface area contributed by atoms with Gasteiger partial charge in [-0.25, -0.2) is 9.18 Å². The quantitative estimate of drug-likeness (QED) is 0.507. The fourth-order valence-electron chi connectivity index (χ4n) is 7.32. The Morgan fingerprint density at radius 2 is 1.72 bits per heavy atom. The molecule has 2 aromatic carbocycles. The molecule has 39 heavy (non-hydrogen) atoms. The third-order valence-electron chi connectivity index (χ3n) is 9.27. The van der Waals surface area contributed by atoms with Crippen LogP contribution in [0.1, 0.15) is 35.1 Å². The summed E-state index contributed by atoms with van der Waals surface area (Å²) in [5.41, 5.74) is 5.97. The van der Waals surface area contributed by atoms with Gasteiger partial charge in [0.2, 0.25) is 0 Å². The third-order valence-corrected chi connectivity index (χ3v) is 9.27. The molecular weight excluding hydrogens is 491 g/mol. The van der Waals surface area contributed by atoms with E-state index >= 15 is 0 Å². The summed E-state index contributed by atoms with van der Waals surface area (Å²) in [6.07, 6.45) is 4.27. The Morgan fingerprint density at radius 1 is 0.974 bits per heavy atom. The smallest absolute Gasteiger partial charge is 0.319 e. The second kappa shape index (κ2) is 10.1. The highest BCUT2D eigenvalue weighted by Crippen LogP contribution is 2.44. The van der Waals surface area contributed by atoms with E-state index in [0.717, 1.165) is 57.7 Å². The lowest BCUT2D eigenvalue weighted by Gasteiger charge is -2.37. The minimum absolute atomic E-state index is 0.0537. The van der Waals surface area contributed by atoms with Gasteiger partial charge in [0.05, 0.1) is 11.2 Å². The molecule has 3 aliphatic rings. The first-order chi connectivity index (χ1) is 18.7. The van der Waals surface area contributed by atoms with E-state index in [1.54, 1.807) is 11.0 Å². The van der Waals surface area contributed by atoms with Gasteiger partial charge < -0.3 is 24.2 Å². The van der Waals surface area contributed by atoms with E-state index in [1.807, 2.05) is 25.1 Å². The van der Waals surface area contributed by atoms with Crippen molar-refractivity contribution in [3.8, 4) is 0 Å². The van der Waals surface area contributed by atoms with Gasteiger partial charge in [0.25, 0.3) is 0 Å². The lowest BCUT2D eigenvalue weighted by Crippen LogP contribution is -2.51. The first-order valence-electron chi connectivity index (χ1n) is 14.2. The van der Waals surface area contributed by atoms with Gasteiger partial charge in [0.1, 0.15) is 5.82 Å². The molecule has 1 aliphatic carbocycles. The van der Waals surface area contributed by atoms with Crippen molar-refractivity contribution in [1.29, 1.82) is 0 Å². The number of rotatable bonds is 4. The van der Waals surface area contributed by atoms with E-state index in [9.17, 15) is 9.18 Å². The summed E-state index contributed by atoms with van der Waals surface area (Å²) in [4.78, 5) is 23.4. The molecular formula is C31H41FN6O. The number of hydrogen-bond donors (Lipinski definition) is 0. The van der Waals surface area contributed by atoms with Gasteiger partial charge in [-0.3, -0.25) is 4.90 Å². The fraction of sp³-hybridized carbons (Fsp3) is 0.516. The summed E-state index contributed by atoms with van der Waals surface area (Å²) in [5, 5.41) is 1.30. The molecule has 2 saturated heterocycles. The number of carbonyl (C=O) groups excluding carboxylic acids is 1. The second-order valence-electron chi connectivity index (χ2n) is 12.0. The Hall–Kier alpha value is -3.10. The zero-order valence-electron chi connectivity index (χ0n) is 23.9. The normalized spacial score (nSPS) is 23.7. The number of likely N-dealkylation sites (N-methyl/N-ethyl adjacent to an activating group) is 1. The zero-order chi connectivity index (χ0) is 27.4. The third kappa shape index (κ3) is 4.47. The molecule has 7 nitrogen and oxygen atoms in total. The van der Waals surface area contributed by atoms with Crippen molar-refractivity contribution in [2.75, 3.05) is 72.4 Å². The Labute approximate surface area is 231 Å². The van der Waals surface area contributed by atoms with Gasteiger partial charge in [0, 0.05) is 95.6 Å². The number of aryl methyl sites for hydroxylation is 2. The molecule has 0 bridgehead atoms. The number of benzene rings is 2. The van der Waals surface area contributed by atoms with Gasteiger partial charge in [-0.15, -0.1) is 0 Å². The van der Waals surface area contributed by atoms with E-state index in [0.29, 0.717) is 12.0 Å². The van der Waals surface area contributed by atoms with Gasteiger partial charge >= 0.3 is 6.03 Å². The van der Waals surface area contributed by atoms with E-state index in [4.69, 9.17) is 0 Å². The van der Waals surface area contributed by atoms with E-state index in [1.165, 1.54) is 27.7 Å². The molecule has 3 heterocycles. The van der Waals surface area contributed by atoms with Crippen LogP contribution < -0.4 is 4.90 Å². The number of fused-ring (bicyclic) bond motifs is 2. The first-order valence-corrected chi connectivity index (χ1v) is 14.2. The van der Waals surface area contributed by atoms with Crippen molar-refractivity contribution in [2.45, 2.75) is 30.8 Å². The number of halogens is 1. The molecule has 0 saturated carbocycles. The van der Waals surface area contributed by atoms with Crippen LogP contribution in [0.4, 0.5) is 14.9 Å². The molecule has 3 atom stereocenters. The van der Waals surface area contributed by atoms with Crippen LogP contribution in [0.5, 0.6) is 0 Å². The number of piperazine rings is 1. The highest BCUT2D eigenvalue weighted by Gasteiger charge is 2.42. The Kier molecular flexibility index (Phi) is 6.79. The average Bonchev–Trinajstić information content (AvgIpc) is 3.64. The van der Waals surface area contributed by atoms with Crippen LogP contribution in [0.15, 0.2) is 42.6 Å². The predicted molar refractivity (Wildman–Crippen MR) is 155 cm³/mol. The lowest BCUT2D eigenvalue weighted by atomic mass is 9.93. The van der Waals surface area contributed by atoms with Crippen LogP contribution in [-0.4, -0.2) is 104 Å². The second-order valence-corrected chi connectivity index (χ2v) is 12.0. The highest BCUT2D eigenvalue weighted by molar-refractivity contribution is 5.95. The van der Waals surface area contributed by atoms with Crippen LogP contribution in [0.25, 0.3) is 10.9 Å². The SMILES string of the molecule is CN(C)C(=O)N1CCN(c2cccc3c([C@H]4CN(C5CCc6cccc(F)c65)C[C@@H]4N(C)C)cn(C)c23)CC1. The zero-order valence-corrected chi connectivity index (χ0v) is 23.9. The Morgan fingerprint density at radius 3 is 2.44 bits per heavy atom. The number of likely N-dealkylation sites (tertiary alicyclic amines) is 1. The maximum absolute atomic E-state index is 14.9. The summed E-state index contributed by atoms with van der Waals surface area (Å²) in [5.74, 6) is 0.284. The summed E-state index contributed by atoms with van der Waals surface area (Å²) in [6, 6.07) is 12.8. The molecule has 208 valence electrons. The number of amides is 2. The fourth-order valence-corrected chi connectivity index (χ4v) is 7.32. The van der Waals surface area contributed by atoms with Crippen LogP contribution in [0.3, 0.4) is 0 Å². The molecule has 2 amide bonds. The number of aromatic nitrogens is 1. The summed E-state index contributed by atoms with van der Waals surface area (Å²) in [7, 11) is 10.1. The molecule has 0 radical (unpaired) electrons. The molecule has 3 aromatic rings. The monoisotopic (exact) mass is 532 g/mol. The maximum Gasteiger partial charge on any atom is 0.319 e. The van der Waals surface area contributed by atoms with Gasteiger partial charge in [-0.1, -0.05) is 24.3 Å². The number of anilines is 1. The molecule has 2 aliphatic heterocycles. The molecule has 1 aromatic heterocycles. The predicted octanol–water partition coefficient (Wildman–Crippen LogP) is 4.14. The average molecular weight is 533 g/mol. The van der Waals surface area contributed by atoms with Crippen molar-refractivity contribution in [1.82, 2.24) is 24.2 Å². The van der Waals surface area contributed by atoms with Gasteiger partial charge in [0.15, 0.2) is 0 Å². The summed E-state index contributed by atoms with van der Waals surface area (Å²) in [6.45, 7) is 4.96. The van der Waals surface area contributed by atoms with E-state index < -0.39 is 0 Å². The Balaban J connectivity index is 1.30. The number of carbonyl (C=O) groups is 1. The van der Waals surface area contributed by atoms with Gasteiger partial charge in [-0.2, -0.15) is 0 Å². The van der Waals surface area contributed by atoms with Gasteiger partial charge in [-0.05, 0) is 50.2 Å². The lowest BCUT2D eigenvalue weighted by molar-refractivity contribution is 0.168. The van der Waals surface area contributed by atoms with E-state index in [2.05, 4.69) is 70.9 Å². The van der Waals surface area contributed by atoms with Crippen molar-refractivity contribution >= 4 is 22.6 Å². The summed E-state index contributed by atoms with van der Waals surface area (Å²) >= 11 is 0. The highest BCUT2D eigenvalue weighted by atomic mass is 19.1. The maximum atomic E-state index is 14.9.